The minimum atomic E-state index is -0.277. The Labute approximate surface area is 503 Å². The van der Waals surface area contributed by atoms with Crippen LogP contribution in [0.15, 0.2) is 267 Å². The summed E-state index contributed by atoms with van der Waals surface area (Å²) >= 11 is 0. The molecule has 0 atom stereocenters. The molecular formula is C86H62. The van der Waals surface area contributed by atoms with Gasteiger partial charge < -0.3 is 0 Å². The summed E-state index contributed by atoms with van der Waals surface area (Å²) in [4.78, 5) is 0. The molecule has 2 aliphatic rings. The van der Waals surface area contributed by atoms with E-state index in [9.17, 15) is 0 Å². The van der Waals surface area contributed by atoms with Gasteiger partial charge in [-0.05, 0) is 208 Å². The summed E-state index contributed by atoms with van der Waals surface area (Å²) in [5.41, 5.74) is 28.1. The molecule has 0 heteroatoms. The van der Waals surface area contributed by atoms with E-state index in [0.717, 1.165) is 0 Å². The maximum Gasteiger partial charge on any atom is 0.0159 e. The Morgan fingerprint density at radius 3 is 0.884 bits per heavy atom. The van der Waals surface area contributed by atoms with Gasteiger partial charge in [-0.25, -0.2) is 0 Å². The molecule has 0 N–H and O–H groups in total. The molecular weight excluding hydrogens is 1030 g/mol. The molecule has 0 bridgehead atoms. The van der Waals surface area contributed by atoms with E-state index in [-0.39, 0.29) is 10.8 Å². The van der Waals surface area contributed by atoms with Crippen molar-refractivity contribution in [1.29, 1.82) is 0 Å². The van der Waals surface area contributed by atoms with Gasteiger partial charge in [0.25, 0.3) is 0 Å². The quantitative estimate of drug-likeness (QED) is 0.146. The van der Waals surface area contributed by atoms with E-state index < -0.39 is 0 Å². The summed E-state index contributed by atoms with van der Waals surface area (Å²) in [6.07, 6.45) is 0. The third-order valence-corrected chi connectivity index (χ3v) is 19.9. The van der Waals surface area contributed by atoms with E-state index in [2.05, 4.69) is 308 Å². The molecule has 0 heterocycles. The molecule has 0 spiro atoms. The van der Waals surface area contributed by atoms with Crippen molar-refractivity contribution in [3.05, 3.63) is 300 Å². The van der Waals surface area contributed by atoms with Crippen molar-refractivity contribution in [3.63, 3.8) is 0 Å². The van der Waals surface area contributed by atoms with Gasteiger partial charge in [0.05, 0.1) is 0 Å². The van der Waals surface area contributed by atoms with Gasteiger partial charge in [0, 0.05) is 10.8 Å². The summed E-state index contributed by atoms with van der Waals surface area (Å²) in [6.45, 7) is 14.2. The van der Waals surface area contributed by atoms with Crippen molar-refractivity contribution < 1.29 is 0 Å². The first-order valence-corrected chi connectivity index (χ1v) is 30.6. The zero-order chi connectivity index (χ0) is 57.7. The van der Waals surface area contributed by atoms with Crippen LogP contribution >= 0.6 is 0 Å². The number of aryl methyl sites for hydroxylation is 2. The van der Waals surface area contributed by atoms with Crippen LogP contribution in [0.3, 0.4) is 0 Å². The van der Waals surface area contributed by atoms with E-state index in [1.165, 1.54) is 187 Å². The first-order valence-electron chi connectivity index (χ1n) is 30.6. The van der Waals surface area contributed by atoms with E-state index in [0.29, 0.717) is 0 Å². The molecule has 0 unspecified atom stereocenters. The summed E-state index contributed by atoms with van der Waals surface area (Å²) in [7, 11) is 0. The molecule has 406 valence electrons. The van der Waals surface area contributed by atoms with Crippen molar-refractivity contribution in [2.45, 2.75) is 52.4 Å². The van der Waals surface area contributed by atoms with Crippen LogP contribution < -0.4 is 0 Å². The molecule has 15 aromatic carbocycles. The molecule has 0 nitrogen and oxygen atoms in total. The molecule has 0 amide bonds. The second-order valence-electron chi connectivity index (χ2n) is 25.6. The Hall–Kier alpha value is -10.1. The Morgan fingerprint density at radius 2 is 0.465 bits per heavy atom. The minimum absolute atomic E-state index is 0.110. The van der Waals surface area contributed by atoms with Crippen molar-refractivity contribution in [2.75, 3.05) is 0 Å². The first kappa shape index (κ1) is 50.4. The molecule has 0 saturated carbocycles. The SMILES string of the molecule is Cc1ccc2c(-c3c4ccccc4c(-c4ccc5c(c4)C(C)(C)c4cc(-c6c7ccccc7c(-c7ccc(-c8ccccc8)cc7)c7ccccc67)ccc4-5)c4cc(C)ccc34)c3ccccc3c(-c3ccc4c(c3)C(C)(C)c3ccccc3-4)c2c1. The van der Waals surface area contributed by atoms with Gasteiger partial charge in [0.1, 0.15) is 0 Å². The Kier molecular flexibility index (Phi) is 10.9. The molecule has 0 aliphatic heterocycles. The average molecular weight is 1100 g/mol. The Balaban J connectivity index is 0.820. The largest absolute Gasteiger partial charge is 0.0622 e. The van der Waals surface area contributed by atoms with Crippen LogP contribution in [0.4, 0.5) is 0 Å². The molecule has 2 aliphatic carbocycles. The van der Waals surface area contributed by atoms with Gasteiger partial charge >= 0.3 is 0 Å². The standard InChI is InChI=1S/C86H62/c1-51-32-41-71-73(46-51)81(57-39-43-60-59-22-18-19-31-75(59)85(3,4)76(60)49-57)67-27-14-16-29-69(67)83(71)84-70-30-17-15-28-68(70)82(74-47-52(2)33-42-72(74)84)58-40-45-62-61-44-38-56(48-77(61)86(5,6)78(62)50-58)80-65-25-12-10-23-63(65)79(64-24-11-13-26-66(64)80)55-36-34-54(35-37-55)53-20-8-7-9-21-53/h7-50H,1-6H3. The van der Waals surface area contributed by atoms with Crippen LogP contribution in [0, 0.1) is 13.8 Å². The maximum atomic E-state index is 2.54. The van der Waals surface area contributed by atoms with Crippen LogP contribution in [-0.2, 0) is 10.8 Å². The maximum absolute atomic E-state index is 2.54. The van der Waals surface area contributed by atoms with Crippen LogP contribution in [0.25, 0.3) is 154 Å². The highest BCUT2D eigenvalue weighted by molar-refractivity contribution is 6.30. The fraction of sp³-hybridized carbons (Fsp3) is 0.0930. The van der Waals surface area contributed by atoms with Crippen molar-refractivity contribution in [3.8, 4) is 89.0 Å². The van der Waals surface area contributed by atoms with Gasteiger partial charge in [-0.1, -0.05) is 288 Å². The second kappa shape index (κ2) is 18.7. The molecule has 0 saturated heterocycles. The van der Waals surface area contributed by atoms with Gasteiger partial charge in [-0.3, -0.25) is 0 Å². The highest BCUT2D eigenvalue weighted by Crippen LogP contribution is 2.56. The van der Waals surface area contributed by atoms with Gasteiger partial charge in [-0.2, -0.15) is 0 Å². The topological polar surface area (TPSA) is 0 Å². The number of fused-ring (bicyclic) bond motifs is 12. The van der Waals surface area contributed by atoms with Crippen LogP contribution in [0.5, 0.6) is 0 Å². The van der Waals surface area contributed by atoms with Gasteiger partial charge in [0.15, 0.2) is 0 Å². The number of benzene rings is 15. The lowest BCUT2D eigenvalue weighted by molar-refractivity contribution is 0.660. The monoisotopic (exact) mass is 1090 g/mol. The minimum Gasteiger partial charge on any atom is -0.0622 e. The lowest BCUT2D eigenvalue weighted by Gasteiger charge is -2.25. The van der Waals surface area contributed by atoms with E-state index in [1.54, 1.807) is 0 Å². The molecule has 17 rings (SSSR count). The molecule has 0 fully saturated rings. The Bertz CT molecular complexity index is 5340. The third-order valence-electron chi connectivity index (χ3n) is 19.9. The van der Waals surface area contributed by atoms with Crippen LogP contribution in [0.2, 0.25) is 0 Å². The highest BCUT2D eigenvalue weighted by Gasteiger charge is 2.38. The fourth-order valence-corrected chi connectivity index (χ4v) is 15.9. The smallest absolute Gasteiger partial charge is 0.0159 e. The van der Waals surface area contributed by atoms with Crippen molar-refractivity contribution in [1.82, 2.24) is 0 Å². The lowest BCUT2D eigenvalue weighted by Crippen LogP contribution is -2.15. The van der Waals surface area contributed by atoms with Gasteiger partial charge in [0.2, 0.25) is 0 Å². The molecule has 86 heavy (non-hydrogen) atoms. The normalized spacial score (nSPS) is 13.7. The fourth-order valence-electron chi connectivity index (χ4n) is 15.9. The second-order valence-corrected chi connectivity index (χ2v) is 25.6. The Morgan fingerprint density at radius 1 is 0.186 bits per heavy atom. The first-order chi connectivity index (χ1) is 42.0. The summed E-state index contributed by atoms with van der Waals surface area (Å²) in [5, 5.41) is 15.2. The van der Waals surface area contributed by atoms with Gasteiger partial charge in [-0.15, -0.1) is 0 Å². The van der Waals surface area contributed by atoms with Crippen molar-refractivity contribution in [2.24, 2.45) is 0 Å². The van der Waals surface area contributed by atoms with Crippen LogP contribution in [0.1, 0.15) is 61.1 Å². The highest BCUT2D eigenvalue weighted by atomic mass is 14.4. The van der Waals surface area contributed by atoms with Crippen molar-refractivity contribution >= 4 is 64.6 Å². The zero-order valence-corrected chi connectivity index (χ0v) is 49.4. The summed E-state index contributed by atoms with van der Waals surface area (Å²) in [5.74, 6) is 0. The zero-order valence-electron chi connectivity index (χ0n) is 49.4. The van der Waals surface area contributed by atoms with E-state index >= 15 is 0 Å². The number of rotatable bonds is 6. The number of hydrogen-bond acceptors (Lipinski definition) is 0. The molecule has 0 aromatic heterocycles. The molecule has 0 radical (unpaired) electrons. The predicted octanol–water partition coefficient (Wildman–Crippen LogP) is 23.8. The van der Waals surface area contributed by atoms with Crippen LogP contribution in [-0.4, -0.2) is 0 Å². The lowest BCUT2D eigenvalue weighted by atomic mass is 9.78. The predicted molar refractivity (Wildman–Crippen MR) is 369 cm³/mol. The third kappa shape index (κ3) is 7.29. The van der Waals surface area contributed by atoms with E-state index in [4.69, 9.17) is 0 Å². The number of hydrogen-bond donors (Lipinski definition) is 0. The summed E-state index contributed by atoms with van der Waals surface area (Å²) < 4.78 is 0. The molecule has 15 aromatic rings. The summed E-state index contributed by atoms with van der Waals surface area (Å²) in [6, 6.07) is 102. The average Bonchev–Trinajstić information content (AvgIpc) is 1.22. The van der Waals surface area contributed by atoms with E-state index in [1.807, 2.05) is 0 Å².